The van der Waals surface area contributed by atoms with Crippen LogP contribution in [0.4, 0.5) is 4.79 Å². The van der Waals surface area contributed by atoms with E-state index in [0.717, 1.165) is 31.2 Å². The minimum atomic E-state index is -1.28. The first-order valence-electron chi connectivity index (χ1n) is 12.6. The summed E-state index contributed by atoms with van der Waals surface area (Å²) in [6, 6.07) is 7.34. The van der Waals surface area contributed by atoms with Gasteiger partial charge in [0.1, 0.15) is 19.2 Å². The first-order valence-corrected chi connectivity index (χ1v) is 12.6. The number of carbonyl (C=O) groups excluding carboxylic acids is 4. The standard InChI is InChI=1S/C26H35N3O7/c1-2-8-20(23(32)25(34)27-14-22(30)31)28-24(33)21-13-18-11-6-7-12-19(18)15-29(21)26(35)36-16-17-9-4-3-5-10-17/h3-5,9-10,18-21H,2,6-8,11-16H2,1H3,(H,27,34)(H,28,33)(H,30,31)/t18-,19+,20?,21-/m0/s1. The molecule has 2 fully saturated rings. The van der Waals surface area contributed by atoms with Crippen molar-refractivity contribution in [3.63, 3.8) is 0 Å². The number of amides is 3. The lowest BCUT2D eigenvalue weighted by Crippen LogP contribution is -2.59. The van der Waals surface area contributed by atoms with Crippen molar-refractivity contribution in [1.29, 1.82) is 0 Å². The Balaban J connectivity index is 1.72. The van der Waals surface area contributed by atoms with E-state index in [-0.39, 0.29) is 13.0 Å². The van der Waals surface area contributed by atoms with E-state index in [0.29, 0.717) is 31.2 Å². The van der Waals surface area contributed by atoms with E-state index < -0.39 is 48.3 Å². The molecule has 36 heavy (non-hydrogen) atoms. The molecule has 1 saturated carbocycles. The molecule has 3 N–H and O–H groups in total. The highest BCUT2D eigenvalue weighted by Gasteiger charge is 2.43. The lowest BCUT2D eigenvalue weighted by atomic mass is 9.73. The van der Waals surface area contributed by atoms with Crippen LogP contribution in [0.2, 0.25) is 0 Å². The Morgan fingerprint density at radius 2 is 1.78 bits per heavy atom. The summed E-state index contributed by atoms with van der Waals surface area (Å²) < 4.78 is 5.54. The number of carboxylic acid groups (broad SMARTS) is 1. The van der Waals surface area contributed by atoms with E-state index in [1.54, 1.807) is 0 Å². The normalized spacial score (nSPS) is 22.0. The Kier molecular flexibility index (Phi) is 9.84. The van der Waals surface area contributed by atoms with Gasteiger partial charge in [-0.1, -0.05) is 62.9 Å². The first kappa shape index (κ1) is 27.2. The van der Waals surface area contributed by atoms with Crippen molar-refractivity contribution in [2.75, 3.05) is 13.1 Å². The summed E-state index contributed by atoms with van der Waals surface area (Å²) in [5, 5.41) is 13.5. The van der Waals surface area contributed by atoms with Crippen molar-refractivity contribution in [2.24, 2.45) is 11.8 Å². The van der Waals surface area contributed by atoms with Crippen LogP contribution < -0.4 is 10.6 Å². The number of nitrogens with one attached hydrogen (secondary N) is 2. The largest absolute Gasteiger partial charge is 0.480 e. The lowest BCUT2D eigenvalue weighted by molar-refractivity contribution is -0.143. The number of ketones is 1. The fraction of sp³-hybridized carbons (Fsp3) is 0.577. The molecular weight excluding hydrogens is 466 g/mol. The Labute approximate surface area is 210 Å². The van der Waals surface area contributed by atoms with Crippen molar-refractivity contribution < 1.29 is 33.8 Å². The minimum Gasteiger partial charge on any atom is -0.480 e. The van der Waals surface area contributed by atoms with Gasteiger partial charge in [0.15, 0.2) is 0 Å². The SMILES string of the molecule is CCCC(NC(=O)[C@@H]1C[C@@H]2CCCC[C@@H]2CN1C(=O)OCc1ccccc1)C(=O)C(=O)NCC(=O)O. The molecule has 0 aromatic heterocycles. The van der Waals surface area contributed by atoms with Crippen molar-refractivity contribution in [2.45, 2.75) is 70.6 Å². The first-order chi connectivity index (χ1) is 17.3. The number of fused-ring (bicyclic) bond motifs is 1. The molecule has 10 heteroatoms. The number of benzene rings is 1. The molecule has 1 aromatic carbocycles. The van der Waals surface area contributed by atoms with Crippen LogP contribution in [0.25, 0.3) is 0 Å². The summed E-state index contributed by atoms with van der Waals surface area (Å²) in [7, 11) is 0. The zero-order valence-electron chi connectivity index (χ0n) is 20.6. The Morgan fingerprint density at radius 3 is 2.44 bits per heavy atom. The number of likely N-dealkylation sites (tertiary alicyclic amines) is 1. The van der Waals surface area contributed by atoms with E-state index in [2.05, 4.69) is 5.32 Å². The number of hydrogen-bond acceptors (Lipinski definition) is 6. The summed E-state index contributed by atoms with van der Waals surface area (Å²) in [6.45, 7) is 1.60. The molecule has 3 rings (SSSR count). The molecule has 10 nitrogen and oxygen atoms in total. The molecule has 0 bridgehead atoms. The second-order valence-electron chi connectivity index (χ2n) is 9.54. The van der Waals surface area contributed by atoms with E-state index in [1.165, 1.54) is 4.90 Å². The Hall–Kier alpha value is -3.43. The number of aliphatic carboxylic acids is 1. The third kappa shape index (κ3) is 7.29. The van der Waals surface area contributed by atoms with Gasteiger partial charge in [-0.05, 0) is 36.7 Å². The number of carboxylic acids is 1. The van der Waals surface area contributed by atoms with Gasteiger partial charge in [0.05, 0.1) is 6.04 Å². The molecule has 1 aliphatic heterocycles. The zero-order valence-corrected chi connectivity index (χ0v) is 20.6. The van der Waals surface area contributed by atoms with Gasteiger partial charge in [0.25, 0.3) is 5.91 Å². The Bertz CT molecular complexity index is 952. The van der Waals surface area contributed by atoms with E-state index in [4.69, 9.17) is 9.84 Å². The summed E-state index contributed by atoms with van der Waals surface area (Å²) in [5.41, 5.74) is 0.834. The predicted molar refractivity (Wildman–Crippen MR) is 130 cm³/mol. The molecular formula is C26H35N3O7. The van der Waals surface area contributed by atoms with Gasteiger partial charge in [0.2, 0.25) is 11.7 Å². The summed E-state index contributed by atoms with van der Waals surface area (Å²) in [4.78, 5) is 63.5. The monoisotopic (exact) mass is 501 g/mol. The number of rotatable bonds is 10. The van der Waals surface area contributed by atoms with Gasteiger partial charge in [0, 0.05) is 6.54 Å². The highest BCUT2D eigenvalue weighted by molar-refractivity contribution is 6.38. The molecule has 1 heterocycles. The molecule has 1 aromatic rings. The number of hydrogen-bond donors (Lipinski definition) is 3. The van der Waals surface area contributed by atoms with Crippen LogP contribution in [-0.4, -0.2) is 64.8 Å². The van der Waals surface area contributed by atoms with Crippen molar-refractivity contribution in [1.82, 2.24) is 15.5 Å². The minimum absolute atomic E-state index is 0.0826. The van der Waals surface area contributed by atoms with Gasteiger partial charge in [-0.15, -0.1) is 0 Å². The van der Waals surface area contributed by atoms with Crippen LogP contribution in [-0.2, 0) is 30.5 Å². The maximum Gasteiger partial charge on any atom is 0.410 e. The van der Waals surface area contributed by atoms with Gasteiger partial charge in [-0.25, -0.2) is 4.79 Å². The maximum atomic E-state index is 13.4. The van der Waals surface area contributed by atoms with Crippen LogP contribution >= 0.6 is 0 Å². The van der Waals surface area contributed by atoms with E-state index in [1.807, 2.05) is 42.6 Å². The van der Waals surface area contributed by atoms with Crippen LogP contribution in [0.15, 0.2) is 30.3 Å². The molecule has 1 aliphatic carbocycles. The third-order valence-corrected chi connectivity index (χ3v) is 6.98. The van der Waals surface area contributed by atoms with Crippen LogP contribution in [0.5, 0.6) is 0 Å². The maximum absolute atomic E-state index is 13.4. The Morgan fingerprint density at radius 1 is 1.08 bits per heavy atom. The summed E-state index contributed by atoms with van der Waals surface area (Å²) in [6.07, 6.45) is 4.75. The molecule has 1 saturated heterocycles. The predicted octanol–water partition coefficient (Wildman–Crippen LogP) is 2.26. The van der Waals surface area contributed by atoms with Crippen LogP contribution in [0.3, 0.4) is 0 Å². The molecule has 196 valence electrons. The smallest absolute Gasteiger partial charge is 0.410 e. The summed E-state index contributed by atoms with van der Waals surface area (Å²) >= 11 is 0. The van der Waals surface area contributed by atoms with Crippen molar-refractivity contribution in [3.05, 3.63) is 35.9 Å². The molecule has 2 aliphatic rings. The topological polar surface area (TPSA) is 142 Å². The van der Waals surface area contributed by atoms with Crippen molar-refractivity contribution in [3.8, 4) is 0 Å². The van der Waals surface area contributed by atoms with Gasteiger partial charge < -0.3 is 20.5 Å². The third-order valence-electron chi connectivity index (χ3n) is 6.98. The quantitative estimate of drug-likeness (QED) is 0.418. The van der Waals surface area contributed by atoms with Crippen LogP contribution in [0, 0.1) is 11.8 Å². The van der Waals surface area contributed by atoms with Crippen LogP contribution in [0.1, 0.15) is 57.4 Å². The highest BCUT2D eigenvalue weighted by Crippen LogP contribution is 2.39. The number of nitrogens with zero attached hydrogens (tertiary/aromatic N) is 1. The van der Waals surface area contributed by atoms with E-state index in [9.17, 15) is 24.0 Å². The molecule has 0 spiro atoms. The van der Waals surface area contributed by atoms with Gasteiger partial charge in [-0.3, -0.25) is 24.1 Å². The number of ether oxygens (including phenoxy) is 1. The fourth-order valence-electron chi connectivity index (χ4n) is 5.11. The fourth-order valence-corrected chi connectivity index (χ4v) is 5.11. The number of carbonyl (C=O) groups is 5. The van der Waals surface area contributed by atoms with E-state index >= 15 is 0 Å². The lowest BCUT2D eigenvalue weighted by Gasteiger charge is -2.45. The zero-order chi connectivity index (χ0) is 26.1. The van der Waals surface area contributed by atoms with Crippen molar-refractivity contribution >= 4 is 29.7 Å². The highest BCUT2D eigenvalue weighted by atomic mass is 16.6. The van der Waals surface area contributed by atoms with Gasteiger partial charge in [-0.2, -0.15) is 0 Å². The summed E-state index contributed by atoms with van der Waals surface area (Å²) in [5.74, 6) is -3.16. The number of piperidine rings is 1. The second kappa shape index (κ2) is 13.0. The average Bonchev–Trinajstić information content (AvgIpc) is 2.89. The molecule has 3 amide bonds. The number of Topliss-reactive ketones (excluding diaryl/α,β-unsaturated/α-hetero) is 1. The molecule has 4 atom stereocenters. The molecule has 0 radical (unpaired) electrons. The van der Waals surface area contributed by atoms with Gasteiger partial charge >= 0.3 is 12.1 Å². The average molecular weight is 502 g/mol. The molecule has 1 unspecified atom stereocenters. The second-order valence-corrected chi connectivity index (χ2v) is 9.54.